The Morgan fingerprint density at radius 2 is 2.12 bits per heavy atom. The zero-order valence-corrected chi connectivity index (χ0v) is 14.4. The van der Waals surface area contributed by atoms with Gasteiger partial charge in [0.1, 0.15) is 5.82 Å². The number of pyridine rings is 1. The van der Waals surface area contributed by atoms with E-state index in [1.165, 1.54) is 12.8 Å². The number of anilines is 2. The molecule has 3 rings (SSSR count). The molecule has 2 amide bonds. The number of nitrogens with zero attached hydrogens (tertiary/aromatic N) is 3. The summed E-state index contributed by atoms with van der Waals surface area (Å²) in [6.45, 7) is 6.73. The summed E-state index contributed by atoms with van der Waals surface area (Å²) in [5.41, 5.74) is 1.54. The van der Waals surface area contributed by atoms with Gasteiger partial charge in [0.25, 0.3) is 0 Å². The van der Waals surface area contributed by atoms with Crippen molar-refractivity contribution >= 4 is 17.5 Å². The van der Waals surface area contributed by atoms with Gasteiger partial charge in [0, 0.05) is 19.6 Å². The van der Waals surface area contributed by atoms with Crippen LogP contribution in [0.3, 0.4) is 0 Å². The van der Waals surface area contributed by atoms with Crippen LogP contribution in [0.15, 0.2) is 12.1 Å². The molecule has 0 unspecified atom stereocenters. The molecule has 7 nitrogen and oxygen atoms in total. The van der Waals surface area contributed by atoms with E-state index in [1.54, 1.807) is 4.90 Å². The number of aliphatic hydroxyl groups excluding tert-OH is 1. The number of aryl methyl sites for hydroxylation is 1. The summed E-state index contributed by atoms with van der Waals surface area (Å²) in [7, 11) is 0. The van der Waals surface area contributed by atoms with Crippen molar-refractivity contribution in [1.29, 1.82) is 0 Å². The number of aromatic nitrogens is 1. The highest BCUT2D eigenvalue weighted by atomic mass is 16.5. The maximum atomic E-state index is 12.5. The maximum Gasteiger partial charge on any atom is 0.322 e. The molecule has 132 valence electrons. The van der Waals surface area contributed by atoms with Gasteiger partial charge >= 0.3 is 6.03 Å². The highest BCUT2D eigenvalue weighted by molar-refractivity contribution is 5.90. The lowest BCUT2D eigenvalue weighted by molar-refractivity contribution is -0.0822. The zero-order valence-electron chi connectivity index (χ0n) is 14.4. The molecule has 7 heteroatoms. The van der Waals surface area contributed by atoms with Gasteiger partial charge in [-0.2, -0.15) is 0 Å². The minimum Gasteiger partial charge on any atom is -0.394 e. The highest BCUT2D eigenvalue weighted by Gasteiger charge is 2.28. The van der Waals surface area contributed by atoms with Crippen LogP contribution in [0.5, 0.6) is 0 Å². The SMILES string of the molecule is Cc1nc(N2CCCC2)ccc1NC(=O)N1C[C@H](CO)O[C@@H](C)C1. The fourth-order valence-electron chi connectivity index (χ4n) is 3.31. The predicted octanol–water partition coefficient (Wildman–Crippen LogP) is 1.60. The smallest absolute Gasteiger partial charge is 0.322 e. The van der Waals surface area contributed by atoms with Gasteiger partial charge in [0.2, 0.25) is 0 Å². The number of aliphatic hydroxyl groups is 1. The molecule has 0 radical (unpaired) electrons. The van der Waals surface area contributed by atoms with E-state index in [2.05, 4.69) is 15.2 Å². The maximum absolute atomic E-state index is 12.5. The van der Waals surface area contributed by atoms with Crippen LogP contribution in [0.1, 0.15) is 25.5 Å². The van der Waals surface area contributed by atoms with E-state index in [1.807, 2.05) is 26.0 Å². The molecule has 0 bridgehead atoms. The molecule has 1 aromatic heterocycles. The van der Waals surface area contributed by atoms with Crippen LogP contribution in [0.25, 0.3) is 0 Å². The third-order valence-electron chi connectivity index (χ3n) is 4.56. The number of carbonyl (C=O) groups is 1. The number of nitrogens with one attached hydrogen (secondary N) is 1. The van der Waals surface area contributed by atoms with Crippen LogP contribution < -0.4 is 10.2 Å². The number of ether oxygens (including phenoxy) is 1. The molecular weight excluding hydrogens is 308 g/mol. The first-order valence-corrected chi connectivity index (χ1v) is 8.61. The number of carbonyl (C=O) groups excluding carboxylic acids is 1. The molecule has 0 aromatic carbocycles. The van der Waals surface area contributed by atoms with E-state index >= 15 is 0 Å². The predicted molar refractivity (Wildman–Crippen MR) is 92.4 cm³/mol. The third-order valence-corrected chi connectivity index (χ3v) is 4.56. The van der Waals surface area contributed by atoms with E-state index in [9.17, 15) is 9.90 Å². The molecule has 2 aliphatic heterocycles. The minimum atomic E-state index is -0.323. The fourth-order valence-corrected chi connectivity index (χ4v) is 3.31. The summed E-state index contributed by atoms with van der Waals surface area (Å²) in [4.78, 5) is 21.1. The van der Waals surface area contributed by atoms with E-state index in [0.717, 1.165) is 30.3 Å². The average molecular weight is 334 g/mol. The summed E-state index contributed by atoms with van der Waals surface area (Å²) in [6.07, 6.45) is 2.01. The molecule has 0 spiro atoms. The lowest BCUT2D eigenvalue weighted by Gasteiger charge is -2.36. The summed E-state index contributed by atoms with van der Waals surface area (Å²) >= 11 is 0. The van der Waals surface area contributed by atoms with Crippen LogP contribution in [-0.2, 0) is 4.74 Å². The summed E-state index contributed by atoms with van der Waals surface area (Å²) in [5, 5.41) is 12.2. The van der Waals surface area contributed by atoms with Crippen molar-refractivity contribution in [3.05, 3.63) is 17.8 Å². The number of rotatable bonds is 3. The molecule has 2 atom stereocenters. The molecule has 3 heterocycles. The lowest BCUT2D eigenvalue weighted by atomic mass is 10.2. The molecule has 2 fully saturated rings. The normalized spacial score (nSPS) is 24.3. The lowest BCUT2D eigenvalue weighted by Crippen LogP contribution is -2.51. The van der Waals surface area contributed by atoms with Crippen molar-refractivity contribution in [3.63, 3.8) is 0 Å². The van der Waals surface area contributed by atoms with Crippen molar-refractivity contribution < 1.29 is 14.6 Å². The van der Waals surface area contributed by atoms with Crippen LogP contribution >= 0.6 is 0 Å². The van der Waals surface area contributed by atoms with Gasteiger partial charge < -0.3 is 25.0 Å². The van der Waals surface area contributed by atoms with Crippen molar-refractivity contribution in [2.75, 3.05) is 43.0 Å². The molecule has 2 N–H and O–H groups in total. The van der Waals surface area contributed by atoms with Gasteiger partial charge in [0.05, 0.1) is 36.7 Å². The van der Waals surface area contributed by atoms with E-state index in [4.69, 9.17) is 4.74 Å². The van der Waals surface area contributed by atoms with Crippen LogP contribution in [0.2, 0.25) is 0 Å². The van der Waals surface area contributed by atoms with Crippen molar-refractivity contribution in [2.45, 2.75) is 38.9 Å². The van der Waals surface area contributed by atoms with Gasteiger partial charge in [0.15, 0.2) is 0 Å². The molecule has 1 aromatic rings. The Bertz CT molecular complexity index is 589. The standard InChI is InChI=1S/C17H26N4O3/c1-12-9-21(10-14(11-22)24-12)17(23)19-15-5-6-16(18-13(15)2)20-7-3-4-8-20/h5-6,12,14,22H,3-4,7-11H2,1-2H3,(H,19,23)/t12-,14+/m0/s1. The monoisotopic (exact) mass is 334 g/mol. The van der Waals surface area contributed by atoms with Gasteiger partial charge in [-0.15, -0.1) is 0 Å². The van der Waals surface area contributed by atoms with Gasteiger partial charge in [-0.1, -0.05) is 0 Å². The van der Waals surface area contributed by atoms with E-state index < -0.39 is 0 Å². The molecule has 0 saturated carbocycles. The molecule has 24 heavy (non-hydrogen) atoms. The molecule has 2 saturated heterocycles. The zero-order chi connectivity index (χ0) is 17.1. The van der Waals surface area contributed by atoms with E-state index in [0.29, 0.717) is 13.1 Å². The first-order valence-electron chi connectivity index (χ1n) is 8.61. The Kier molecular flexibility index (Phi) is 5.20. The Balaban J connectivity index is 1.65. The van der Waals surface area contributed by atoms with Crippen molar-refractivity contribution in [1.82, 2.24) is 9.88 Å². The molecule has 0 aliphatic carbocycles. The Hall–Kier alpha value is -1.86. The second-order valence-electron chi connectivity index (χ2n) is 6.58. The third kappa shape index (κ3) is 3.79. The Morgan fingerprint density at radius 1 is 1.38 bits per heavy atom. The van der Waals surface area contributed by atoms with Crippen LogP contribution in [0, 0.1) is 6.92 Å². The molecular formula is C17H26N4O3. The minimum absolute atomic E-state index is 0.0841. The van der Waals surface area contributed by atoms with Crippen LogP contribution in [0.4, 0.5) is 16.3 Å². The van der Waals surface area contributed by atoms with E-state index in [-0.39, 0.29) is 24.8 Å². The quantitative estimate of drug-likeness (QED) is 0.878. The summed E-state index contributed by atoms with van der Waals surface area (Å²) in [5.74, 6) is 0.975. The second kappa shape index (κ2) is 7.36. The fraction of sp³-hybridized carbons (Fsp3) is 0.647. The largest absolute Gasteiger partial charge is 0.394 e. The molecule has 2 aliphatic rings. The van der Waals surface area contributed by atoms with Crippen molar-refractivity contribution in [2.24, 2.45) is 0 Å². The first kappa shape index (κ1) is 17.0. The van der Waals surface area contributed by atoms with Gasteiger partial charge in [-0.3, -0.25) is 0 Å². The van der Waals surface area contributed by atoms with Crippen LogP contribution in [-0.4, -0.2) is 66.0 Å². The number of morpholine rings is 1. The Morgan fingerprint density at radius 3 is 2.79 bits per heavy atom. The Labute approximate surface area is 142 Å². The topological polar surface area (TPSA) is 77.9 Å². The number of urea groups is 1. The van der Waals surface area contributed by atoms with Gasteiger partial charge in [-0.05, 0) is 38.8 Å². The second-order valence-corrected chi connectivity index (χ2v) is 6.58. The first-order chi connectivity index (χ1) is 11.6. The van der Waals surface area contributed by atoms with Crippen molar-refractivity contribution in [3.8, 4) is 0 Å². The number of hydrogen-bond donors (Lipinski definition) is 2. The summed E-state index contributed by atoms with van der Waals surface area (Å²) in [6, 6.07) is 3.70. The summed E-state index contributed by atoms with van der Waals surface area (Å²) < 4.78 is 5.57. The average Bonchev–Trinajstić information content (AvgIpc) is 3.10. The number of hydrogen-bond acceptors (Lipinski definition) is 5. The van der Waals surface area contributed by atoms with Gasteiger partial charge in [-0.25, -0.2) is 9.78 Å². The number of amides is 2. The highest BCUT2D eigenvalue weighted by Crippen LogP contribution is 2.22.